The van der Waals surface area contributed by atoms with E-state index in [0.29, 0.717) is 34.7 Å². The Morgan fingerprint density at radius 2 is 1.94 bits per heavy atom. The van der Waals surface area contributed by atoms with Gasteiger partial charge in [-0.1, -0.05) is 12.1 Å². The number of rotatable bonds is 8. The Morgan fingerprint density at radius 1 is 1.16 bits per heavy atom. The van der Waals surface area contributed by atoms with Crippen molar-refractivity contribution in [1.82, 2.24) is 15.3 Å². The highest BCUT2D eigenvalue weighted by Crippen LogP contribution is 2.31. The fourth-order valence-electron chi connectivity index (χ4n) is 3.49. The summed E-state index contributed by atoms with van der Waals surface area (Å²) in [6.07, 6.45) is 5.12. The fourth-order valence-corrected chi connectivity index (χ4v) is 4.16. The zero-order valence-electron chi connectivity index (χ0n) is 18.0. The van der Waals surface area contributed by atoms with Crippen LogP contribution in [0.2, 0.25) is 0 Å². The second kappa shape index (κ2) is 9.54. The van der Waals surface area contributed by atoms with Gasteiger partial charge in [0.2, 0.25) is 5.88 Å². The van der Waals surface area contributed by atoms with Crippen molar-refractivity contribution < 1.29 is 17.9 Å². The number of nitrogens with zero attached hydrogens (tertiary/aromatic N) is 2. The van der Waals surface area contributed by atoms with Crippen LogP contribution in [0.4, 0.5) is 5.69 Å². The van der Waals surface area contributed by atoms with Crippen molar-refractivity contribution in [3.8, 4) is 28.8 Å². The lowest BCUT2D eigenvalue weighted by molar-refractivity contribution is 0.412. The summed E-state index contributed by atoms with van der Waals surface area (Å²) in [5.41, 5.74) is 1.26. The van der Waals surface area contributed by atoms with Gasteiger partial charge < -0.3 is 20.1 Å². The third-order valence-corrected chi connectivity index (χ3v) is 6.36. The number of ether oxygens (including phenoxy) is 2. The van der Waals surface area contributed by atoms with Crippen LogP contribution in [0.3, 0.4) is 0 Å². The molecular formula is C23H26N4O4S. The normalized spacial score (nSPS) is 16.0. The monoisotopic (exact) mass is 454 g/mol. The topological polar surface area (TPSA) is 102 Å². The molecule has 0 aliphatic carbocycles. The summed E-state index contributed by atoms with van der Waals surface area (Å²) in [6, 6.07) is 14.2. The van der Waals surface area contributed by atoms with Crippen molar-refractivity contribution in [1.29, 1.82) is 0 Å². The molecule has 168 valence electrons. The maximum absolute atomic E-state index is 12.0. The molecule has 3 aromatic rings. The summed E-state index contributed by atoms with van der Waals surface area (Å²) >= 11 is 0. The van der Waals surface area contributed by atoms with Crippen LogP contribution in [0.15, 0.2) is 59.6 Å². The van der Waals surface area contributed by atoms with E-state index in [0.717, 1.165) is 31.7 Å². The number of sulfone groups is 1. The van der Waals surface area contributed by atoms with Gasteiger partial charge in [-0.15, -0.1) is 0 Å². The summed E-state index contributed by atoms with van der Waals surface area (Å²) < 4.78 is 35.2. The van der Waals surface area contributed by atoms with Crippen LogP contribution in [-0.4, -0.2) is 50.9 Å². The molecule has 0 amide bonds. The van der Waals surface area contributed by atoms with E-state index in [4.69, 9.17) is 9.47 Å². The highest BCUT2D eigenvalue weighted by atomic mass is 32.2. The van der Waals surface area contributed by atoms with E-state index in [1.807, 2.05) is 12.1 Å². The van der Waals surface area contributed by atoms with E-state index in [1.165, 1.54) is 6.26 Å². The van der Waals surface area contributed by atoms with Gasteiger partial charge in [-0.25, -0.2) is 13.4 Å². The van der Waals surface area contributed by atoms with Gasteiger partial charge in [0.25, 0.3) is 0 Å². The lowest BCUT2D eigenvalue weighted by Crippen LogP contribution is -2.29. The van der Waals surface area contributed by atoms with Crippen molar-refractivity contribution in [2.24, 2.45) is 0 Å². The summed E-state index contributed by atoms with van der Waals surface area (Å²) in [6.45, 7) is 1.75. The average molecular weight is 455 g/mol. The second-order valence-electron chi connectivity index (χ2n) is 7.66. The number of benzene rings is 2. The number of hydrogen-bond donors (Lipinski definition) is 2. The van der Waals surface area contributed by atoms with Crippen molar-refractivity contribution >= 4 is 15.5 Å². The molecular weight excluding hydrogens is 428 g/mol. The van der Waals surface area contributed by atoms with Gasteiger partial charge in [0, 0.05) is 24.4 Å². The molecule has 2 heterocycles. The minimum Gasteiger partial charge on any atom is -0.497 e. The first-order valence-electron chi connectivity index (χ1n) is 10.4. The maximum Gasteiger partial charge on any atom is 0.246 e. The quantitative estimate of drug-likeness (QED) is 0.533. The van der Waals surface area contributed by atoms with Crippen molar-refractivity contribution in [2.45, 2.75) is 23.8 Å². The number of aromatic nitrogens is 2. The van der Waals surface area contributed by atoms with E-state index in [9.17, 15) is 8.42 Å². The molecule has 2 aromatic carbocycles. The maximum atomic E-state index is 12.0. The third-order valence-electron chi connectivity index (χ3n) is 5.25. The first kappa shape index (κ1) is 22.0. The Kier molecular flexibility index (Phi) is 6.57. The Morgan fingerprint density at radius 3 is 2.62 bits per heavy atom. The van der Waals surface area contributed by atoms with E-state index in [2.05, 4.69) is 20.6 Å². The van der Waals surface area contributed by atoms with E-state index in [1.54, 1.807) is 49.7 Å². The highest BCUT2D eigenvalue weighted by Gasteiger charge is 2.17. The molecule has 32 heavy (non-hydrogen) atoms. The Hall–Kier alpha value is -3.17. The summed E-state index contributed by atoms with van der Waals surface area (Å²) in [5.74, 6) is 2.07. The first-order chi connectivity index (χ1) is 15.4. The largest absolute Gasteiger partial charge is 0.497 e. The number of nitrogens with one attached hydrogen (secondary N) is 2. The van der Waals surface area contributed by atoms with Crippen LogP contribution < -0.4 is 20.1 Å². The molecule has 1 aliphatic heterocycles. The standard InChI is InChI=1S/C23H26N4O4S/c1-30-18-8-10-19(11-9-18)31-23-21(25-14-17-6-4-12-24-17)15-26-22(27-23)16-5-3-7-20(13-16)32(2,28)29/h3,5,7-11,13,15,17,24-25H,4,6,12,14H2,1-2H3/t17-/m0/s1. The van der Waals surface area contributed by atoms with Gasteiger partial charge in [0.15, 0.2) is 15.7 Å². The summed E-state index contributed by atoms with van der Waals surface area (Å²) in [7, 11) is -1.74. The number of hydrogen-bond acceptors (Lipinski definition) is 8. The Labute approximate surface area is 187 Å². The second-order valence-corrected chi connectivity index (χ2v) is 9.68. The molecule has 1 aromatic heterocycles. The third kappa shape index (κ3) is 5.35. The van der Waals surface area contributed by atoms with Crippen LogP contribution in [0.5, 0.6) is 17.4 Å². The molecule has 0 saturated carbocycles. The van der Waals surface area contributed by atoms with Crippen molar-refractivity contribution in [3.05, 3.63) is 54.7 Å². The Bertz CT molecular complexity index is 1180. The molecule has 0 bridgehead atoms. The zero-order chi connectivity index (χ0) is 22.6. The molecule has 0 radical (unpaired) electrons. The number of anilines is 1. The van der Waals surface area contributed by atoms with Crippen molar-refractivity contribution in [2.75, 3.05) is 31.8 Å². The molecule has 9 heteroatoms. The highest BCUT2D eigenvalue weighted by molar-refractivity contribution is 7.90. The number of methoxy groups -OCH3 is 1. The Balaban J connectivity index is 1.65. The fraction of sp³-hybridized carbons (Fsp3) is 0.304. The summed E-state index contributed by atoms with van der Waals surface area (Å²) in [5, 5.41) is 6.83. The van der Waals surface area contributed by atoms with Crippen LogP contribution in [0.25, 0.3) is 11.4 Å². The first-order valence-corrected chi connectivity index (χ1v) is 12.3. The molecule has 1 fully saturated rings. The van der Waals surface area contributed by atoms with E-state index >= 15 is 0 Å². The minimum atomic E-state index is -3.34. The average Bonchev–Trinajstić information content (AvgIpc) is 3.32. The zero-order valence-corrected chi connectivity index (χ0v) is 18.9. The lowest BCUT2D eigenvalue weighted by atomic mass is 10.2. The molecule has 0 spiro atoms. The molecule has 1 saturated heterocycles. The van der Waals surface area contributed by atoms with Gasteiger partial charge in [0.05, 0.1) is 18.2 Å². The molecule has 8 nitrogen and oxygen atoms in total. The smallest absolute Gasteiger partial charge is 0.246 e. The van der Waals surface area contributed by atoms with Crippen LogP contribution in [-0.2, 0) is 9.84 Å². The van der Waals surface area contributed by atoms with Crippen LogP contribution >= 0.6 is 0 Å². The molecule has 4 rings (SSSR count). The van der Waals surface area contributed by atoms with Crippen LogP contribution in [0.1, 0.15) is 12.8 Å². The van der Waals surface area contributed by atoms with Gasteiger partial charge in [0.1, 0.15) is 17.2 Å². The van der Waals surface area contributed by atoms with E-state index < -0.39 is 9.84 Å². The lowest BCUT2D eigenvalue weighted by Gasteiger charge is -2.16. The van der Waals surface area contributed by atoms with Crippen LogP contribution in [0, 0.1) is 0 Å². The van der Waals surface area contributed by atoms with E-state index in [-0.39, 0.29) is 4.90 Å². The van der Waals surface area contributed by atoms with Crippen molar-refractivity contribution in [3.63, 3.8) is 0 Å². The predicted molar refractivity (Wildman–Crippen MR) is 123 cm³/mol. The van der Waals surface area contributed by atoms with Gasteiger partial charge in [-0.2, -0.15) is 4.98 Å². The SMILES string of the molecule is COc1ccc(Oc2nc(-c3cccc(S(C)(=O)=O)c3)ncc2NC[C@@H]2CCCN2)cc1. The molecule has 0 unspecified atom stereocenters. The van der Waals surface area contributed by atoms with Gasteiger partial charge in [-0.05, 0) is 55.8 Å². The molecule has 1 aliphatic rings. The molecule has 1 atom stereocenters. The minimum absolute atomic E-state index is 0.214. The van der Waals surface area contributed by atoms with Gasteiger partial charge >= 0.3 is 0 Å². The van der Waals surface area contributed by atoms with Gasteiger partial charge in [-0.3, -0.25) is 0 Å². The molecule has 2 N–H and O–H groups in total. The predicted octanol–water partition coefficient (Wildman–Crippen LogP) is 3.51. The summed E-state index contributed by atoms with van der Waals surface area (Å²) in [4.78, 5) is 9.28.